The molecule has 0 saturated heterocycles. The lowest BCUT2D eigenvalue weighted by atomic mass is 9.86. The Balaban J connectivity index is 1.64. The summed E-state index contributed by atoms with van der Waals surface area (Å²) in [4.78, 5) is 31.1. The Morgan fingerprint density at radius 3 is 2.59 bits per heavy atom. The molecule has 1 aliphatic carbocycles. The van der Waals surface area contributed by atoms with E-state index in [4.69, 9.17) is 0 Å². The minimum absolute atomic E-state index is 0.0675. The molecule has 1 aromatic heterocycles. The van der Waals surface area contributed by atoms with Gasteiger partial charge in [0, 0.05) is 23.4 Å². The Morgan fingerprint density at radius 1 is 1.07 bits per heavy atom. The number of allylic oxidation sites excluding steroid dienone is 1. The molecule has 1 heterocycles. The van der Waals surface area contributed by atoms with E-state index in [1.165, 1.54) is 18.3 Å². The lowest BCUT2D eigenvalue weighted by molar-refractivity contribution is -0.115. The Kier molecular flexibility index (Phi) is 4.69. The number of Topliss-reactive ketones (excluding diaryl/α,β-unsaturated/α-hetero) is 1. The van der Waals surface area contributed by atoms with Crippen molar-refractivity contribution < 1.29 is 9.59 Å². The van der Waals surface area contributed by atoms with Gasteiger partial charge in [-0.25, -0.2) is 4.98 Å². The van der Waals surface area contributed by atoms with Crippen LogP contribution >= 0.6 is 11.3 Å². The van der Waals surface area contributed by atoms with Gasteiger partial charge in [-0.3, -0.25) is 14.5 Å². The molecule has 0 aliphatic heterocycles. The minimum atomic E-state index is -0.0996. The summed E-state index contributed by atoms with van der Waals surface area (Å²) in [6, 6.07) is 17.2. The first-order chi connectivity index (χ1) is 13.1. The van der Waals surface area contributed by atoms with Crippen LogP contribution in [0.4, 0.5) is 10.8 Å². The third-order valence-corrected chi connectivity index (χ3v) is 5.41. The fourth-order valence-electron chi connectivity index (χ4n) is 3.28. The van der Waals surface area contributed by atoms with Gasteiger partial charge in [-0.05, 0) is 36.6 Å². The first-order valence-corrected chi connectivity index (χ1v) is 9.66. The fraction of sp³-hybridized carbons (Fsp3) is 0.136. The summed E-state index contributed by atoms with van der Waals surface area (Å²) in [6.45, 7) is 1.52. The lowest BCUT2D eigenvalue weighted by Gasteiger charge is -2.18. The standard InChI is InChI=1S/C22H18N2O2S/c1-15(25)24(19-8-3-2-4-9-19)22-23-18(14-27-22)13-17-12-11-16-7-5-6-10-20(16)21(17)26/h2-10,13-14H,11-12H2,1H3/b17-13+. The van der Waals surface area contributed by atoms with Crippen molar-refractivity contribution >= 4 is 39.9 Å². The number of anilines is 2. The molecule has 4 nitrogen and oxygen atoms in total. The van der Waals surface area contributed by atoms with E-state index < -0.39 is 0 Å². The van der Waals surface area contributed by atoms with Crippen LogP contribution in [0.1, 0.15) is 35.0 Å². The predicted molar refractivity (Wildman–Crippen MR) is 108 cm³/mol. The van der Waals surface area contributed by atoms with Gasteiger partial charge in [0.05, 0.1) is 11.4 Å². The average molecular weight is 374 g/mol. The fourth-order valence-corrected chi connectivity index (χ4v) is 4.13. The maximum atomic E-state index is 12.7. The molecule has 2 aromatic carbocycles. The summed E-state index contributed by atoms with van der Waals surface area (Å²) in [5.74, 6) is -0.0321. The van der Waals surface area contributed by atoms with Crippen LogP contribution in [0.2, 0.25) is 0 Å². The van der Waals surface area contributed by atoms with Crippen LogP contribution in [-0.4, -0.2) is 16.7 Å². The van der Waals surface area contributed by atoms with Crippen molar-refractivity contribution in [1.29, 1.82) is 0 Å². The van der Waals surface area contributed by atoms with E-state index >= 15 is 0 Å². The molecule has 0 saturated carbocycles. The number of ketones is 1. The Morgan fingerprint density at radius 2 is 1.81 bits per heavy atom. The molecule has 0 atom stereocenters. The van der Waals surface area contributed by atoms with E-state index in [2.05, 4.69) is 4.98 Å². The highest BCUT2D eigenvalue weighted by Crippen LogP contribution is 2.31. The number of amides is 1. The SMILES string of the molecule is CC(=O)N(c1ccccc1)c1nc(/C=C2\CCc3ccccc3C2=O)cs1. The van der Waals surface area contributed by atoms with E-state index in [9.17, 15) is 9.59 Å². The number of para-hydroxylation sites is 1. The van der Waals surface area contributed by atoms with Crippen LogP contribution < -0.4 is 4.90 Å². The number of hydrogen-bond donors (Lipinski definition) is 0. The number of hydrogen-bond acceptors (Lipinski definition) is 4. The number of fused-ring (bicyclic) bond motifs is 1. The van der Waals surface area contributed by atoms with Crippen LogP contribution in [0.15, 0.2) is 65.6 Å². The van der Waals surface area contributed by atoms with E-state index in [-0.39, 0.29) is 11.7 Å². The van der Waals surface area contributed by atoms with Crippen LogP contribution in [0.5, 0.6) is 0 Å². The average Bonchev–Trinajstić information content (AvgIpc) is 3.13. The first-order valence-electron chi connectivity index (χ1n) is 8.78. The number of thiazole rings is 1. The second kappa shape index (κ2) is 7.29. The molecule has 0 unspecified atom stereocenters. The van der Waals surface area contributed by atoms with Crippen molar-refractivity contribution in [3.05, 3.63) is 82.4 Å². The van der Waals surface area contributed by atoms with Crippen LogP contribution in [0.3, 0.4) is 0 Å². The van der Waals surface area contributed by atoms with Crippen molar-refractivity contribution in [2.24, 2.45) is 0 Å². The molecule has 1 amide bonds. The molecule has 0 fully saturated rings. The largest absolute Gasteiger partial charge is 0.289 e. The van der Waals surface area contributed by atoms with Gasteiger partial charge in [0.25, 0.3) is 0 Å². The van der Waals surface area contributed by atoms with Gasteiger partial charge in [0.15, 0.2) is 10.9 Å². The third kappa shape index (κ3) is 3.46. The topological polar surface area (TPSA) is 50.3 Å². The highest BCUT2D eigenvalue weighted by molar-refractivity contribution is 7.14. The Hall–Kier alpha value is -3.05. The van der Waals surface area contributed by atoms with Gasteiger partial charge in [-0.2, -0.15) is 0 Å². The summed E-state index contributed by atoms with van der Waals surface area (Å²) < 4.78 is 0. The van der Waals surface area contributed by atoms with E-state index in [0.717, 1.165) is 28.8 Å². The van der Waals surface area contributed by atoms with Crippen molar-refractivity contribution in [1.82, 2.24) is 4.98 Å². The number of rotatable bonds is 3. The second-order valence-electron chi connectivity index (χ2n) is 6.40. The molecule has 0 N–H and O–H groups in total. The number of carbonyl (C=O) groups is 2. The van der Waals surface area contributed by atoms with Crippen molar-refractivity contribution in [2.45, 2.75) is 19.8 Å². The quantitative estimate of drug-likeness (QED) is 0.604. The van der Waals surface area contributed by atoms with Crippen molar-refractivity contribution in [3.8, 4) is 0 Å². The Labute approximate surface area is 161 Å². The number of benzene rings is 2. The van der Waals surface area contributed by atoms with E-state index in [1.807, 2.05) is 66.1 Å². The predicted octanol–water partition coefficient (Wildman–Crippen LogP) is 5.04. The molecule has 5 heteroatoms. The number of carbonyl (C=O) groups excluding carboxylic acids is 2. The molecule has 3 aromatic rings. The summed E-state index contributed by atoms with van der Waals surface area (Å²) in [7, 11) is 0. The smallest absolute Gasteiger partial charge is 0.230 e. The highest BCUT2D eigenvalue weighted by atomic mass is 32.1. The van der Waals surface area contributed by atoms with Gasteiger partial charge >= 0.3 is 0 Å². The minimum Gasteiger partial charge on any atom is -0.289 e. The molecule has 1 aliphatic rings. The molecule has 0 radical (unpaired) electrons. The summed E-state index contributed by atoms with van der Waals surface area (Å²) >= 11 is 1.39. The lowest BCUT2D eigenvalue weighted by Crippen LogP contribution is -2.22. The molecule has 134 valence electrons. The number of aryl methyl sites for hydroxylation is 1. The zero-order valence-electron chi connectivity index (χ0n) is 14.9. The summed E-state index contributed by atoms with van der Waals surface area (Å²) in [5.41, 5.74) is 4.13. The van der Waals surface area contributed by atoms with Gasteiger partial charge < -0.3 is 0 Å². The van der Waals surface area contributed by atoms with E-state index in [1.54, 1.807) is 4.90 Å². The molecule has 27 heavy (non-hydrogen) atoms. The summed E-state index contributed by atoms with van der Waals surface area (Å²) in [5, 5.41) is 2.49. The molecular formula is C22H18N2O2S. The molecule has 0 bridgehead atoms. The van der Waals surface area contributed by atoms with Gasteiger partial charge in [0.1, 0.15) is 0 Å². The number of aromatic nitrogens is 1. The Bertz CT molecular complexity index is 1040. The number of nitrogens with zero attached hydrogens (tertiary/aromatic N) is 2. The molecule has 4 rings (SSSR count). The highest BCUT2D eigenvalue weighted by Gasteiger charge is 2.22. The first kappa shape index (κ1) is 17.4. The molecule has 0 spiro atoms. The normalized spacial score (nSPS) is 14.9. The second-order valence-corrected chi connectivity index (χ2v) is 7.24. The van der Waals surface area contributed by atoms with Gasteiger partial charge in [0.2, 0.25) is 5.91 Å². The summed E-state index contributed by atoms with van der Waals surface area (Å²) in [6.07, 6.45) is 3.41. The maximum Gasteiger partial charge on any atom is 0.230 e. The van der Waals surface area contributed by atoms with Crippen LogP contribution in [0.25, 0.3) is 6.08 Å². The van der Waals surface area contributed by atoms with Crippen LogP contribution in [0, 0.1) is 0 Å². The molecular weight excluding hydrogens is 356 g/mol. The van der Waals surface area contributed by atoms with Crippen LogP contribution in [-0.2, 0) is 11.2 Å². The zero-order valence-corrected chi connectivity index (χ0v) is 15.7. The zero-order chi connectivity index (χ0) is 18.8. The maximum absolute atomic E-state index is 12.7. The monoisotopic (exact) mass is 374 g/mol. The van der Waals surface area contributed by atoms with Crippen molar-refractivity contribution in [3.63, 3.8) is 0 Å². The van der Waals surface area contributed by atoms with Crippen molar-refractivity contribution in [2.75, 3.05) is 4.90 Å². The van der Waals surface area contributed by atoms with Gasteiger partial charge in [-0.15, -0.1) is 11.3 Å². The third-order valence-electron chi connectivity index (χ3n) is 4.57. The van der Waals surface area contributed by atoms with Gasteiger partial charge in [-0.1, -0.05) is 42.5 Å². The van der Waals surface area contributed by atoms with E-state index in [0.29, 0.717) is 17.2 Å².